The van der Waals surface area contributed by atoms with Crippen LogP contribution in [-0.4, -0.2) is 41.6 Å². The Morgan fingerprint density at radius 2 is 2.40 bits per heavy atom. The SMILES string of the molecule is C#CCN(CC1CC1)C(=O)C1CSCN1. The van der Waals surface area contributed by atoms with Gasteiger partial charge in [0.15, 0.2) is 0 Å². The Balaban J connectivity index is 1.89. The van der Waals surface area contributed by atoms with Gasteiger partial charge in [-0.15, -0.1) is 18.2 Å². The summed E-state index contributed by atoms with van der Waals surface area (Å²) < 4.78 is 0. The van der Waals surface area contributed by atoms with E-state index in [1.54, 1.807) is 11.8 Å². The number of amides is 1. The van der Waals surface area contributed by atoms with Gasteiger partial charge in [0, 0.05) is 18.2 Å². The second-order valence-electron chi connectivity index (χ2n) is 4.14. The molecule has 82 valence electrons. The highest BCUT2D eigenvalue weighted by Crippen LogP contribution is 2.30. The molecule has 1 atom stereocenters. The van der Waals surface area contributed by atoms with Gasteiger partial charge in [-0.2, -0.15) is 0 Å². The minimum atomic E-state index is -0.0119. The first-order valence-corrected chi connectivity index (χ1v) is 6.50. The highest BCUT2D eigenvalue weighted by molar-refractivity contribution is 7.99. The molecule has 0 bridgehead atoms. The van der Waals surface area contributed by atoms with Gasteiger partial charge in [-0.1, -0.05) is 5.92 Å². The van der Waals surface area contributed by atoms with Crippen LogP contribution in [0.2, 0.25) is 0 Å². The molecule has 3 nitrogen and oxygen atoms in total. The fourth-order valence-electron chi connectivity index (χ4n) is 1.73. The summed E-state index contributed by atoms with van der Waals surface area (Å²) >= 11 is 1.77. The zero-order valence-corrected chi connectivity index (χ0v) is 9.55. The maximum Gasteiger partial charge on any atom is 0.241 e. The molecule has 2 aliphatic rings. The average molecular weight is 224 g/mol. The van der Waals surface area contributed by atoms with E-state index in [2.05, 4.69) is 11.2 Å². The summed E-state index contributed by atoms with van der Waals surface area (Å²) in [5.74, 6) is 5.22. The summed E-state index contributed by atoms with van der Waals surface area (Å²) in [5, 5.41) is 3.19. The third kappa shape index (κ3) is 2.90. The van der Waals surface area contributed by atoms with Crippen LogP contribution in [0.1, 0.15) is 12.8 Å². The van der Waals surface area contributed by atoms with Gasteiger partial charge >= 0.3 is 0 Å². The Kier molecular flexibility index (Phi) is 3.55. The molecule has 1 N–H and O–H groups in total. The molecule has 0 aromatic carbocycles. The molecular formula is C11H16N2OS. The van der Waals surface area contributed by atoms with Crippen molar-refractivity contribution < 1.29 is 4.79 Å². The number of hydrogen-bond donors (Lipinski definition) is 1. The van der Waals surface area contributed by atoms with Gasteiger partial charge in [0.2, 0.25) is 5.91 Å². The number of thioether (sulfide) groups is 1. The molecule has 1 unspecified atom stereocenters. The van der Waals surface area contributed by atoms with Crippen LogP contribution >= 0.6 is 11.8 Å². The van der Waals surface area contributed by atoms with Crippen LogP contribution in [0.15, 0.2) is 0 Å². The normalized spacial score (nSPS) is 24.9. The van der Waals surface area contributed by atoms with E-state index < -0.39 is 0 Å². The second kappa shape index (κ2) is 4.91. The van der Waals surface area contributed by atoms with Crippen molar-refractivity contribution in [2.24, 2.45) is 5.92 Å². The lowest BCUT2D eigenvalue weighted by molar-refractivity contribution is -0.132. The molecule has 0 radical (unpaired) electrons. The molecule has 0 spiro atoms. The van der Waals surface area contributed by atoms with Gasteiger partial charge in [0.05, 0.1) is 12.6 Å². The van der Waals surface area contributed by atoms with E-state index in [0.717, 1.165) is 18.2 Å². The lowest BCUT2D eigenvalue weighted by Crippen LogP contribution is -2.45. The third-order valence-corrected chi connectivity index (χ3v) is 3.72. The van der Waals surface area contributed by atoms with Crippen molar-refractivity contribution in [3.05, 3.63) is 0 Å². The van der Waals surface area contributed by atoms with Crippen LogP contribution in [0.3, 0.4) is 0 Å². The molecule has 1 aliphatic heterocycles. The Morgan fingerprint density at radius 3 is 2.93 bits per heavy atom. The highest BCUT2D eigenvalue weighted by atomic mass is 32.2. The predicted molar refractivity (Wildman–Crippen MR) is 62.4 cm³/mol. The molecule has 4 heteroatoms. The van der Waals surface area contributed by atoms with Crippen molar-refractivity contribution in [2.75, 3.05) is 24.7 Å². The zero-order chi connectivity index (χ0) is 10.7. The number of rotatable bonds is 4. The van der Waals surface area contributed by atoms with Crippen LogP contribution in [0.5, 0.6) is 0 Å². The van der Waals surface area contributed by atoms with Crippen molar-refractivity contribution in [2.45, 2.75) is 18.9 Å². The summed E-state index contributed by atoms with van der Waals surface area (Å²) in [6.45, 7) is 1.31. The smallest absolute Gasteiger partial charge is 0.241 e. The van der Waals surface area contributed by atoms with Crippen LogP contribution in [0.25, 0.3) is 0 Å². The molecule has 0 aromatic rings. The van der Waals surface area contributed by atoms with Crippen LogP contribution in [0.4, 0.5) is 0 Å². The minimum absolute atomic E-state index is 0.0119. The van der Waals surface area contributed by atoms with Gasteiger partial charge in [0.1, 0.15) is 0 Å². The summed E-state index contributed by atoms with van der Waals surface area (Å²) in [7, 11) is 0. The average Bonchev–Trinajstić information content (AvgIpc) is 2.88. The molecule has 2 rings (SSSR count). The molecular weight excluding hydrogens is 208 g/mol. The zero-order valence-electron chi connectivity index (χ0n) is 8.74. The van der Waals surface area contributed by atoms with E-state index in [1.165, 1.54) is 12.8 Å². The van der Waals surface area contributed by atoms with Gasteiger partial charge in [-0.3, -0.25) is 10.1 Å². The Bertz CT molecular complexity index is 277. The largest absolute Gasteiger partial charge is 0.330 e. The van der Waals surface area contributed by atoms with Gasteiger partial charge in [-0.05, 0) is 18.8 Å². The molecule has 1 heterocycles. The lowest BCUT2D eigenvalue weighted by atomic mass is 10.2. The van der Waals surface area contributed by atoms with Crippen molar-refractivity contribution >= 4 is 17.7 Å². The molecule has 15 heavy (non-hydrogen) atoms. The van der Waals surface area contributed by atoms with Crippen molar-refractivity contribution in [3.8, 4) is 12.3 Å². The molecule has 2 fully saturated rings. The molecule has 1 amide bonds. The van der Waals surface area contributed by atoms with Crippen LogP contribution < -0.4 is 5.32 Å². The molecule has 0 aromatic heterocycles. The quantitative estimate of drug-likeness (QED) is 0.707. The van der Waals surface area contributed by atoms with Crippen LogP contribution in [0, 0.1) is 18.3 Å². The minimum Gasteiger partial charge on any atom is -0.330 e. The topological polar surface area (TPSA) is 32.3 Å². The number of terminal acetylenes is 1. The Labute approximate surface area is 95.0 Å². The first-order valence-electron chi connectivity index (χ1n) is 5.34. The lowest BCUT2D eigenvalue weighted by Gasteiger charge is -2.23. The predicted octanol–water partition coefficient (Wildman–Crippen LogP) is 0.521. The van der Waals surface area contributed by atoms with E-state index in [0.29, 0.717) is 12.5 Å². The maximum atomic E-state index is 12.1. The van der Waals surface area contributed by atoms with Crippen molar-refractivity contribution in [1.82, 2.24) is 10.2 Å². The number of nitrogens with zero attached hydrogens (tertiary/aromatic N) is 1. The van der Waals surface area contributed by atoms with Crippen molar-refractivity contribution in [1.29, 1.82) is 0 Å². The van der Waals surface area contributed by atoms with Crippen molar-refractivity contribution in [3.63, 3.8) is 0 Å². The fourth-order valence-corrected chi connectivity index (χ4v) is 2.66. The number of carbonyl (C=O) groups is 1. The van der Waals surface area contributed by atoms with E-state index in [9.17, 15) is 4.79 Å². The second-order valence-corrected chi connectivity index (χ2v) is 5.17. The van der Waals surface area contributed by atoms with E-state index in [1.807, 2.05) is 4.90 Å². The number of carbonyl (C=O) groups excluding carboxylic acids is 1. The van der Waals surface area contributed by atoms with E-state index in [4.69, 9.17) is 6.42 Å². The summed E-state index contributed by atoms with van der Waals surface area (Å²) in [6.07, 6.45) is 7.79. The first-order chi connectivity index (χ1) is 7.31. The number of hydrogen-bond acceptors (Lipinski definition) is 3. The number of nitrogens with one attached hydrogen (secondary N) is 1. The summed E-state index contributed by atoms with van der Waals surface area (Å²) in [6, 6.07) is -0.0119. The highest BCUT2D eigenvalue weighted by Gasteiger charge is 2.31. The Morgan fingerprint density at radius 1 is 1.60 bits per heavy atom. The molecule has 1 aliphatic carbocycles. The first kappa shape index (κ1) is 10.8. The van der Waals surface area contributed by atoms with Gasteiger partial charge in [0.25, 0.3) is 0 Å². The van der Waals surface area contributed by atoms with Gasteiger partial charge in [-0.25, -0.2) is 0 Å². The van der Waals surface area contributed by atoms with E-state index >= 15 is 0 Å². The summed E-state index contributed by atoms with van der Waals surface area (Å²) in [4.78, 5) is 13.9. The fraction of sp³-hybridized carbons (Fsp3) is 0.727. The standard InChI is InChI=1S/C11H16N2OS/c1-2-5-13(6-9-3-4-9)11(14)10-7-15-8-12-10/h1,9-10,12H,3-8H2. The molecule has 1 saturated carbocycles. The third-order valence-electron chi connectivity index (χ3n) is 2.78. The Hall–Kier alpha value is -0.660. The van der Waals surface area contributed by atoms with Crippen LogP contribution in [-0.2, 0) is 4.79 Å². The monoisotopic (exact) mass is 224 g/mol. The maximum absolute atomic E-state index is 12.1. The van der Waals surface area contributed by atoms with E-state index in [-0.39, 0.29) is 11.9 Å². The van der Waals surface area contributed by atoms with Gasteiger partial charge < -0.3 is 4.90 Å². The summed E-state index contributed by atoms with van der Waals surface area (Å²) in [5.41, 5.74) is 0. The molecule has 1 saturated heterocycles.